The molecule has 0 aromatic heterocycles. The van der Waals surface area contributed by atoms with Gasteiger partial charge in [0, 0.05) is 13.1 Å². The van der Waals surface area contributed by atoms with E-state index in [4.69, 9.17) is 23.2 Å². The van der Waals surface area contributed by atoms with E-state index in [1.54, 1.807) is 6.92 Å². The normalized spacial score (nSPS) is 12.2. The molecule has 0 bridgehead atoms. The summed E-state index contributed by atoms with van der Waals surface area (Å²) < 4.78 is 39.1. The molecule has 0 aliphatic carbocycles. The lowest BCUT2D eigenvalue weighted by molar-refractivity contribution is -0.139. The SMILES string of the molecule is CCNC(=O)[C@H](C)N(Cc1ccc(F)cc1)C(=O)CN(c1cccc(Cl)c1Cl)S(C)(=O)=O. The third kappa shape index (κ3) is 6.57. The number of nitrogens with zero attached hydrogens (tertiary/aromatic N) is 2. The van der Waals surface area contributed by atoms with Crippen molar-refractivity contribution in [2.45, 2.75) is 26.4 Å². The zero-order chi connectivity index (χ0) is 24.1. The van der Waals surface area contributed by atoms with Gasteiger partial charge in [-0.15, -0.1) is 0 Å². The number of likely N-dealkylation sites (N-methyl/N-ethyl adjacent to an activating group) is 1. The highest BCUT2D eigenvalue weighted by atomic mass is 35.5. The molecule has 0 fully saturated rings. The molecule has 0 saturated heterocycles. The van der Waals surface area contributed by atoms with Gasteiger partial charge in [-0.05, 0) is 43.7 Å². The molecule has 1 atom stereocenters. The number of hydrogen-bond donors (Lipinski definition) is 1. The minimum atomic E-state index is -3.93. The number of benzene rings is 2. The van der Waals surface area contributed by atoms with Crippen molar-refractivity contribution in [3.8, 4) is 0 Å². The molecule has 2 aromatic rings. The zero-order valence-electron chi connectivity index (χ0n) is 17.8. The first kappa shape index (κ1) is 25.9. The van der Waals surface area contributed by atoms with E-state index in [2.05, 4.69) is 5.32 Å². The largest absolute Gasteiger partial charge is 0.355 e. The third-order valence-corrected chi connectivity index (χ3v) is 6.60. The van der Waals surface area contributed by atoms with Crippen LogP contribution in [0.5, 0.6) is 0 Å². The number of amides is 2. The Morgan fingerprint density at radius 2 is 1.75 bits per heavy atom. The van der Waals surface area contributed by atoms with Gasteiger partial charge in [-0.3, -0.25) is 13.9 Å². The van der Waals surface area contributed by atoms with Crippen molar-refractivity contribution in [1.29, 1.82) is 0 Å². The van der Waals surface area contributed by atoms with Crippen LogP contribution < -0.4 is 9.62 Å². The molecule has 174 valence electrons. The highest BCUT2D eigenvalue weighted by Gasteiger charge is 2.30. The Balaban J connectivity index is 2.42. The first-order chi connectivity index (χ1) is 15.0. The van der Waals surface area contributed by atoms with Gasteiger partial charge in [0.2, 0.25) is 21.8 Å². The van der Waals surface area contributed by atoms with Crippen LogP contribution in [-0.2, 0) is 26.2 Å². The van der Waals surface area contributed by atoms with E-state index in [0.717, 1.165) is 10.6 Å². The van der Waals surface area contributed by atoms with Crippen LogP contribution in [-0.4, -0.2) is 50.5 Å². The summed E-state index contributed by atoms with van der Waals surface area (Å²) in [6.45, 7) is 2.99. The van der Waals surface area contributed by atoms with Crippen LogP contribution in [0.1, 0.15) is 19.4 Å². The quantitative estimate of drug-likeness (QED) is 0.567. The monoisotopic (exact) mass is 503 g/mol. The highest BCUT2D eigenvalue weighted by molar-refractivity contribution is 7.92. The lowest BCUT2D eigenvalue weighted by atomic mass is 10.1. The average molecular weight is 504 g/mol. The number of nitrogens with one attached hydrogen (secondary N) is 1. The lowest BCUT2D eigenvalue weighted by Crippen LogP contribution is -2.51. The van der Waals surface area contributed by atoms with Crippen molar-refractivity contribution in [2.24, 2.45) is 0 Å². The second kappa shape index (κ2) is 11.0. The van der Waals surface area contributed by atoms with Crippen LogP contribution >= 0.6 is 23.2 Å². The number of carbonyl (C=O) groups is 2. The summed E-state index contributed by atoms with van der Waals surface area (Å²) in [6, 6.07) is 8.98. The molecule has 0 saturated carbocycles. The maximum Gasteiger partial charge on any atom is 0.244 e. The summed E-state index contributed by atoms with van der Waals surface area (Å²) in [7, 11) is -3.93. The van der Waals surface area contributed by atoms with Gasteiger partial charge in [-0.25, -0.2) is 12.8 Å². The molecule has 0 spiro atoms. The molecule has 11 heteroatoms. The minimum Gasteiger partial charge on any atom is -0.355 e. The number of rotatable bonds is 9. The van der Waals surface area contributed by atoms with Gasteiger partial charge in [0.1, 0.15) is 18.4 Å². The number of halogens is 3. The molecule has 32 heavy (non-hydrogen) atoms. The fourth-order valence-corrected chi connectivity index (χ4v) is 4.27. The van der Waals surface area contributed by atoms with Gasteiger partial charge < -0.3 is 10.2 Å². The lowest BCUT2D eigenvalue weighted by Gasteiger charge is -2.31. The molecule has 0 heterocycles. The standard InChI is InChI=1S/C21H24Cl2FN3O4S/c1-4-25-21(29)14(2)26(12-15-8-10-16(24)11-9-15)19(28)13-27(32(3,30)31)18-7-5-6-17(22)20(18)23/h5-11,14H,4,12-13H2,1-3H3,(H,25,29)/t14-/m0/s1. The van der Waals surface area contributed by atoms with E-state index in [0.29, 0.717) is 12.1 Å². The Morgan fingerprint density at radius 1 is 1.12 bits per heavy atom. The summed E-state index contributed by atoms with van der Waals surface area (Å²) in [5.41, 5.74) is 0.616. The molecule has 7 nitrogen and oxygen atoms in total. The Hall–Kier alpha value is -2.36. The first-order valence-electron chi connectivity index (χ1n) is 9.69. The van der Waals surface area contributed by atoms with Crippen molar-refractivity contribution in [3.05, 3.63) is 63.9 Å². The Bertz CT molecular complexity index is 1080. The van der Waals surface area contributed by atoms with Gasteiger partial charge in [0.15, 0.2) is 0 Å². The van der Waals surface area contributed by atoms with Gasteiger partial charge in [-0.1, -0.05) is 41.4 Å². The van der Waals surface area contributed by atoms with Gasteiger partial charge in [0.05, 0.1) is 22.0 Å². The fourth-order valence-electron chi connectivity index (χ4n) is 2.97. The van der Waals surface area contributed by atoms with Gasteiger partial charge in [-0.2, -0.15) is 0 Å². The summed E-state index contributed by atoms with van der Waals surface area (Å²) in [6.07, 6.45) is 0.940. The Labute approximate surface area is 197 Å². The number of sulfonamides is 1. The van der Waals surface area contributed by atoms with Gasteiger partial charge in [0.25, 0.3) is 0 Å². The number of hydrogen-bond acceptors (Lipinski definition) is 4. The van der Waals surface area contributed by atoms with Crippen molar-refractivity contribution in [2.75, 3.05) is 23.7 Å². The van der Waals surface area contributed by atoms with E-state index in [-0.39, 0.29) is 22.3 Å². The van der Waals surface area contributed by atoms with Crippen LogP contribution in [0.2, 0.25) is 10.0 Å². The molecular formula is C21H24Cl2FN3O4S. The van der Waals surface area contributed by atoms with Gasteiger partial charge >= 0.3 is 0 Å². The highest BCUT2D eigenvalue weighted by Crippen LogP contribution is 2.33. The minimum absolute atomic E-state index is 0.0192. The predicted octanol–water partition coefficient (Wildman–Crippen LogP) is 3.45. The van der Waals surface area contributed by atoms with Crippen LogP contribution in [0.4, 0.5) is 10.1 Å². The number of anilines is 1. The summed E-state index contributed by atoms with van der Waals surface area (Å²) in [5, 5.41) is 2.75. The van der Waals surface area contributed by atoms with Crippen molar-refractivity contribution in [3.63, 3.8) is 0 Å². The fraction of sp³-hybridized carbons (Fsp3) is 0.333. The van der Waals surface area contributed by atoms with Crippen molar-refractivity contribution < 1.29 is 22.4 Å². The molecule has 0 unspecified atom stereocenters. The van der Waals surface area contributed by atoms with Crippen LogP contribution in [0.25, 0.3) is 0 Å². The molecule has 0 aliphatic rings. The van der Waals surface area contributed by atoms with Crippen LogP contribution in [0.3, 0.4) is 0 Å². The second-order valence-corrected chi connectivity index (χ2v) is 9.75. The second-order valence-electron chi connectivity index (χ2n) is 7.06. The maximum atomic E-state index is 13.3. The first-order valence-corrected chi connectivity index (χ1v) is 12.3. The predicted molar refractivity (Wildman–Crippen MR) is 124 cm³/mol. The van der Waals surface area contributed by atoms with Crippen LogP contribution in [0.15, 0.2) is 42.5 Å². The summed E-state index contributed by atoms with van der Waals surface area (Å²) in [5.74, 6) is -1.49. The smallest absolute Gasteiger partial charge is 0.244 e. The molecular weight excluding hydrogens is 480 g/mol. The van der Waals surface area contributed by atoms with E-state index >= 15 is 0 Å². The topological polar surface area (TPSA) is 86.8 Å². The molecule has 2 amide bonds. The van der Waals surface area contributed by atoms with Crippen molar-refractivity contribution in [1.82, 2.24) is 10.2 Å². The third-order valence-electron chi connectivity index (χ3n) is 4.66. The maximum absolute atomic E-state index is 13.3. The zero-order valence-corrected chi connectivity index (χ0v) is 20.1. The van der Waals surface area contributed by atoms with E-state index in [1.165, 1.54) is 54.3 Å². The number of carbonyl (C=O) groups excluding carboxylic acids is 2. The molecule has 0 aliphatic heterocycles. The van der Waals surface area contributed by atoms with E-state index in [9.17, 15) is 22.4 Å². The van der Waals surface area contributed by atoms with Crippen LogP contribution in [0, 0.1) is 5.82 Å². The van der Waals surface area contributed by atoms with E-state index < -0.39 is 40.2 Å². The Kier molecular flexibility index (Phi) is 8.89. The van der Waals surface area contributed by atoms with E-state index in [1.807, 2.05) is 0 Å². The summed E-state index contributed by atoms with van der Waals surface area (Å²) >= 11 is 12.2. The molecule has 2 aromatic carbocycles. The Morgan fingerprint density at radius 3 is 2.31 bits per heavy atom. The summed E-state index contributed by atoms with van der Waals surface area (Å²) in [4.78, 5) is 27.0. The van der Waals surface area contributed by atoms with Crippen molar-refractivity contribution >= 4 is 50.7 Å². The molecule has 1 N–H and O–H groups in total. The molecule has 0 radical (unpaired) electrons. The average Bonchev–Trinajstić information content (AvgIpc) is 2.72. The molecule has 2 rings (SSSR count).